The summed E-state index contributed by atoms with van der Waals surface area (Å²) in [5.41, 5.74) is 12.8. The molecule has 6 rings (SSSR count). The number of rotatable bonds is 3. The Morgan fingerprint density at radius 1 is 1.12 bits per heavy atom. The molecule has 1 aliphatic heterocycles. The molecule has 0 unspecified atom stereocenters. The summed E-state index contributed by atoms with van der Waals surface area (Å²) in [6, 6.07) is 12.3. The first-order valence-corrected chi connectivity index (χ1v) is 10.9. The van der Waals surface area contributed by atoms with E-state index in [1.807, 2.05) is 32.2 Å². The van der Waals surface area contributed by atoms with Crippen molar-refractivity contribution < 1.29 is 4.79 Å². The molecule has 0 fully saturated rings. The molecule has 2 aromatic heterocycles. The number of hydrogen-bond acceptors (Lipinski definition) is 6. The Morgan fingerprint density at radius 2 is 2.00 bits per heavy atom. The Balaban J connectivity index is 1.35. The number of carbonyl (C=O) groups excluding carboxylic acids is 1. The number of fused-ring (bicyclic) bond motifs is 3. The molecule has 4 aromatic rings. The van der Waals surface area contributed by atoms with Crippen molar-refractivity contribution in [3.05, 3.63) is 76.9 Å². The van der Waals surface area contributed by atoms with Gasteiger partial charge in [0.15, 0.2) is 17.3 Å². The van der Waals surface area contributed by atoms with Gasteiger partial charge in [-0.05, 0) is 54.7 Å². The minimum Gasteiger partial charge on any atom is -0.399 e. The van der Waals surface area contributed by atoms with E-state index in [1.54, 1.807) is 10.7 Å². The highest BCUT2D eigenvalue weighted by molar-refractivity contribution is 5.95. The molecule has 0 saturated carbocycles. The lowest BCUT2D eigenvalue weighted by atomic mass is 9.85. The number of anilines is 3. The molecular formula is C25H24N6O. The molecule has 1 aliphatic carbocycles. The average molecular weight is 425 g/mol. The van der Waals surface area contributed by atoms with E-state index >= 15 is 0 Å². The Labute approximate surface area is 185 Å². The van der Waals surface area contributed by atoms with E-state index in [4.69, 9.17) is 15.8 Å². The van der Waals surface area contributed by atoms with Crippen LogP contribution in [0.25, 0.3) is 5.65 Å². The van der Waals surface area contributed by atoms with Crippen molar-refractivity contribution in [1.82, 2.24) is 19.6 Å². The van der Waals surface area contributed by atoms with Gasteiger partial charge in [-0.3, -0.25) is 4.79 Å². The third-order valence-corrected chi connectivity index (χ3v) is 6.79. The van der Waals surface area contributed by atoms with Crippen LogP contribution in [0.3, 0.4) is 0 Å². The Hall–Kier alpha value is -3.74. The van der Waals surface area contributed by atoms with Crippen molar-refractivity contribution in [3.8, 4) is 0 Å². The summed E-state index contributed by atoms with van der Waals surface area (Å²) in [7, 11) is 0. The largest absolute Gasteiger partial charge is 0.399 e. The number of benzene rings is 2. The van der Waals surface area contributed by atoms with Gasteiger partial charge in [-0.25, -0.2) is 14.5 Å². The van der Waals surface area contributed by atoms with Gasteiger partial charge in [0.05, 0.1) is 0 Å². The summed E-state index contributed by atoms with van der Waals surface area (Å²) in [4.78, 5) is 24.0. The van der Waals surface area contributed by atoms with E-state index in [0.717, 1.165) is 58.3 Å². The molecule has 0 spiro atoms. The van der Waals surface area contributed by atoms with Crippen LogP contribution in [0.15, 0.2) is 48.8 Å². The number of nitrogens with zero attached hydrogens (tertiary/aromatic N) is 5. The molecule has 2 aromatic carbocycles. The van der Waals surface area contributed by atoms with Crippen molar-refractivity contribution in [2.75, 3.05) is 17.2 Å². The van der Waals surface area contributed by atoms with Crippen LogP contribution in [-0.2, 0) is 29.5 Å². The smallest absolute Gasteiger partial charge is 0.199 e. The fourth-order valence-electron chi connectivity index (χ4n) is 4.97. The topological polar surface area (TPSA) is 89.4 Å². The van der Waals surface area contributed by atoms with Gasteiger partial charge in [0.25, 0.3) is 0 Å². The summed E-state index contributed by atoms with van der Waals surface area (Å²) >= 11 is 0. The van der Waals surface area contributed by atoms with Crippen LogP contribution in [0.5, 0.6) is 0 Å². The highest BCUT2D eigenvalue weighted by Gasteiger charge is 2.37. The second-order valence-electron chi connectivity index (χ2n) is 9.23. The second-order valence-corrected chi connectivity index (χ2v) is 9.23. The van der Waals surface area contributed by atoms with Gasteiger partial charge in [-0.1, -0.05) is 24.3 Å². The molecule has 160 valence electrons. The number of nitrogens with two attached hydrogens (primary N) is 1. The zero-order valence-electron chi connectivity index (χ0n) is 18.2. The highest BCUT2D eigenvalue weighted by Crippen LogP contribution is 2.37. The molecule has 0 bridgehead atoms. The monoisotopic (exact) mass is 424 g/mol. The first kappa shape index (κ1) is 19.0. The number of hydrogen-bond donors (Lipinski definition) is 1. The van der Waals surface area contributed by atoms with Crippen LogP contribution in [0.4, 0.5) is 17.2 Å². The standard InChI is InChI=1S/C25H24N6O/c1-25(2)19-6-3-15(11-17(19)13-21(25)32)12-22-28-24-23(27-8-10-31(24)29-22)30-9-7-16-4-5-18(26)14-20(16)30/h3-6,8,10-11,14H,7,9,12-13,26H2,1-2H3. The first-order valence-electron chi connectivity index (χ1n) is 10.9. The lowest BCUT2D eigenvalue weighted by Gasteiger charge is -2.18. The lowest BCUT2D eigenvalue weighted by molar-refractivity contribution is -0.121. The van der Waals surface area contributed by atoms with Crippen LogP contribution in [0.1, 0.15) is 41.9 Å². The van der Waals surface area contributed by atoms with Gasteiger partial charge >= 0.3 is 0 Å². The molecule has 32 heavy (non-hydrogen) atoms. The predicted octanol–water partition coefficient (Wildman–Crippen LogP) is 3.39. The molecule has 7 heteroatoms. The van der Waals surface area contributed by atoms with Crippen LogP contribution in [0, 0.1) is 0 Å². The van der Waals surface area contributed by atoms with Crippen molar-refractivity contribution in [2.45, 2.75) is 38.5 Å². The van der Waals surface area contributed by atoms with E-state index in [1.165, 1.54) is 5.56 Å². The van der Waals surface area contributed by atoms with Gasteiger partial charge in [-0.15, -0.1) is 0 Å². The van der Waals surface area contributed by atoms with E-state index in [2.05, 4.69) is 34.1 Å². The summed E-state index contributed by atoms with van der Waals surface area (Å²) in [5.74, 6) is 1.80. The Kier molecular flexibility index (Phi) is 3.93. The van der Waals surface area contributed by atoms with Crippen LogP contribution < -0.4 is 10.6 Å². The van der Waals surface area contributed by atoms with Crippen LogP contribution in [-0.4, -0.2) is 31.9 Å². The normalized spacial score (nSPS) is 16.6. The fourth-order valence-corrected chi connectivity index (χ4v) is 4.97. The first-order chi connectivity index (χ1) is 15.4. The lowest BCUT2D eigenvalue weighted by Crippen LogP contribution is -2.23. The third kappa shape index (κ3) is 2.81. The Bertz CT molecular complexity index is 1400. The minimum atomic E-state index is -0.398. The number of nitrogen functional groups attached to an aromatic ring is 1. The fraction of sp³-hybridized carbons (Fsp3) is 0.280. The molecular weight excluding hydrogens is 400 g/mol. The van der Waals surface area contributed by atoms with E-state index in [-0.39, 0.29) is 5.78 Å². The Morgan fingerprint density at radius 3 is 2.88 bits per heavy atom. The van der Waals surface area contributed by atoms with Crippen molar-refractivity contribution >= 4 is 28.6 Å². The average Bonchev–Trinajstić information content (AvgIpc) is 3.42. The number of Topliss-reactive ketones (excluding diaryl/α,β-unsaturated/α-hetero) is 1. The van der Waals surface area contributed by atoms with Gasteiger partial charge in [0.2, 0.25) is 0 Å². The molecule has 2 aliphatic rings. The third-order valence-electron chi connectivity index (χ3n) is 6.79. The van der Waals surface area contributed by atoms with Crippen molar-refractivity contribution in [1.29, 1.82) is 0 Å². The number of aromatic nitrogens is 4. The molecule has 0 amide bonds. The maximum absolute atomic E-state index is 12.4. The van der Waals surface area contributed by atoms with Gasteiger partial charge in [-0.2, -0.15) is 5.10 Å². The minimum absolute atomic E-state index is 0.276. The summed E-state index contributed by atoms with van der Waals surface area (Å²) in [6.07, 6.45) is 5.64. The molecule has 2 N–H and O–H groups in total. The van der Waals surface area contributed by atoms with Crippen LogP contribution >= 0.6 is 0 Å². The van der Waals surface area contributed by atoms with E-state index < -0.39 is 5.41 Å². The molecule has 0 radical (unpaired) electrons. The quantitative estimate of drug-likeness (QED) is 0.507. The van der Waals surface area contributed by atoms with Crippen LogP contribution in [0.2, 0.25) is 0 Å². The van der Waals surface area contributed by atoms with Gasteiger partial charge in [0, 0.05) is 48.6 Å². The van der Waals surface area contributed by atoms with E-state index in [0.29, 0.717) is 12.8 Å². The number of carbonyl (C=O) groups is 1. The molecule has 0 atom stereocenters. The number of ketones is 1. The maximum atomic E-state index is 12.4. The van der Waals surface area contributed by atoms with Gasteiger partial charge < -0.3 is 10.6 Å². The molecule has 7 nitrogen and oxygen atoms in total. The summed E-state index contributed by atoms with van der Waals surface area (Å²) in [5, 5.41) is 4.70. The summed E-state index contributed by atoms with van der Waals surface area (Å²) in [6.45, 7) is 4.84. The summed E-state index contributed by atoms with van der Waals surface area (Å²) < 4.78 is 1.79. The SMILES string of the molecule is CC1(C)C(=O)Cc2cc(Cc3nc4c(N5CCc6ccc(N)cc65)nccn4n3)ccc21. The predicted molar refractivity (Wildman–Crippen MR) is 123 cm³/mol. The molecule has 0 saturated heterocycles. The van der Waals surface area contributed by atoms with E-state index in [9.17, 15) is 4.79 Å². The van der Waals surface area contributed by atoms with Crippen molar-refractivity contribution in [3.63, 3.8) is 0 Å². The van der Waals surface area contributed by atoms with Gasteiger partial charge in [0.1, 0.15) is 5.78 Å². The molecule has 3 heterocycles. The highest BCUT2D eigenvalue weighted by atomic mass is 16.1. The van der Waals surface area contributed by atoms with Crippen molar-refractivity contribution in [2.24, 2.45) is 0 Å². The maximum Gasteiger partial charge on any atom is 0.199 e. The zero-order chi connectivity index (χ0) is 22.0. The second kappa shape index (κ2) is 6.63. The zero-order valence-corrected chi connectivity index (χ0v) is 18.2.